The summed E-state index contributed by atoms with van der Waals surface area (Å²) in [5.74, 6) is 0.704. The molecule has 3 nitrogen and oxygen atoms in total. The Morgan fingerprint density at radius 2 is 2.22 bits per heavy atom. The summed E-state index contributed by atoms with van der Waals surface area (Å²) in [6.45, 7) is 0. The molecule has 1 fully saturated rings. The van der Waals surface area contributed by atoms with Crippen molar-refractivity contribution >= 4 is 29.3 Å². The topological polar surface area (TPSA) is 55.1 Å². The van der Waals surface area contributed by atoms with Gasteiger partial charge >= 0.3 is 0 Å². The predicted octanol–water partition coefficient (Wildman–Crippen LogP) is 2.29. The third-order valence-electron chi connectivity index (χ3n) is 3.45. The van der Waals surface area contributed by atoms with Crippen LogP contribution in [0.4, 0.5) is 0 Å². The molecule has 1 aliphatic rings. The second kappa shape index (κ2) is 5.51. The third-order valence-corrected chi connectivity index (χ3v) is 5.16. The molecule has 1 unspecified atom stereocenters. The van der Waals surface area contributed by atoms with Crippen molar-refractivity contribution in [3.05, 3.63) is 29.3 Å². The van der Waals surface area contributed by atoms with Gasteiger partial charge in [0.05, 0.1) is 5.02 Å². The molecular formula is C13H17ClN2OS. The van der Waals surface area contributed by atoms with E-state index in [4.69, 9.17) is 17.3 Å². The lowest BCUT2D eigenvalue weighted by Crippen LogP contribution is -2.57. The normalized spacial score (nSPS) is 18.3. The number of hydrogen-bond donors (Lipinski definition) is 2. The number of hydrogen-bond acceptors (Lipinski definition) is 3. The highest BCUT2D eigenvalue weighted by Crippen LogP contribution is 2.42. The molecule has 0 saturated heterocycles. The van der Waals surface area contributed by atoms with Crippen LogP contribution in [-0.4, -0.2) is 24.2 Å². The predicted molar refractivity (Wildman–Crippen MR) is 75.9 cm³/mol. The fraction of sp³-hybridized carbons (Fsp3) is 0.462. The van der Waals surface area contributed by atoms with Crippen LogP contribution in [0.2, 0.25) is 5.02 Å². The highest BCUT2D eigenvalue weighted by Gasteiger charge is 2.48. The number of amides is 1. The Labute approximate surface area is 116 Å². The molecule has 0 heterocycles. The molecule has 1 saturated carbocycles. The molecule has 1 aromatic carbocycles. The van der Waals surface area contributed by atoms with Gasteiger partial charge in [-0.15, -0.1) is 11.8 Å². The number of carbonyl (C=O) groups excluding carboxylic acids is 1. The zero-order chi connectivity index (χ0) is 13.2. The summed E-state index contributed by atoms with van der Waals surface area (Å²) in [5.41, 5.74) is 4.97. The Hall–Kier alpha value is -0.710. The van der Waals surface area contributed by atoms with Crippen molar-refractivity contribution in [2.45, 2.75) is 23.3 Å². The van der Waals surface area contributed by atoms with Gasteiger partial charge in [0.2, 0.25) is 5.91 Å². The molecule has 0 bridgehead atoms. The average molecular weight is 285 g/mol. The summed E-state index contributed by atoms with van der Waals surface area (Å²) in [5, 5.41) is 3.84. The standard InChI is InChI=1S/C13H17ClN2OS/c1-16-13(12(15)17,9-6-7-9)8-18-11-5-3-2-4-10(11)14/h2-5,9,16H,6-8H2,1H3,(H2,15,17). The fourth-order valence-corrected chi connectivity index (χ4v) is 3.70. The molecule has 0 aliphatic heterocycles. The molecule has 1 aromatic rings. The van der Waals surface area contributed by atoms with E-state index >= 15 is 0 Å². The van der Waals surface area contributed by atoms with E-state index in [1.165, 1.54) is 0 Å². The van der Waals surface area contributed by atoms with Gasteiger partial charge in [0, 0.05) is 10.6 Å². The van der Waals surface area contributed by atoms with Gasteiger partial charge in [-0.25, -0.2) is 0 Å². The number of thioether (sulfide) groups is 1. The van der Waals surface area contributed by atoms with E-state index in [0.29, 0.717) is 16.7 Å². The smallest absolute Gasteiger partial charge is 0.238 e. The van der Waals surface area contributed by atoms with Crippen LogP contribution >= 0.6 is 23.4 Å². The van der Waals surface area contributed by atoms with E-state index < -0.39 is 5.54 Å². The van der Waals surface area contributed by atoms with Crippen molar-refractivity contribution in [3.8, 4) is 0 Å². The molecule has 18 heavy (non-hydrogen) atoms. The zero-order valence-electron chi connectivity index (χ0n) is 10.3. The molecule has 0 spiro atoms. The first-order valence-corrected chi connectivity index (χ1v) is 7.32. The third kappa shape index (κ3) is 2.66. The van der Waals surface area contributed by atoms with E-state index in [-0.39, 0.29) is 5.91 Å². The summed E-state index contributed by atoms with van der Waals surface area (Å²) in [6, 6.07) is 7.65. The quantitative estimate of drug-likeness (QED) is 0.788. The molecule has 1 amide bonds. The Bertz CT molecular complexity index is 450. The molecule has 98 valence electrons. The number of primary amides is 1. The van der Waals surface area contributed by atoms with E-state index in [1.807, 2.05) is 24.3 Å². The first kappa shape index (κ1) is 13.7. The molecule has 1 atom stereocenters. The Balaban J connectivity index is 2.11. The van der Waals surface area contributed by atoms with Crippen LogP contribution in [0.15, 0.2) is 29.2 Å². The number of halogens is 1. The van der Waals surface area contributed by atoms with Crippen molar-refractivity contribution in [2.24, 2.45) is 11.7 Å². The van der Waals surface area contributed by atoms with Crippen LogP contribution < -0.4 is 11.1 Å². The second-order valence-corrected chi connectivity index (χ2v) is 6.00. The molecule has 0 radical (unpaired) electrons. The number of nitrogens with two attached hydrogens (primary N) is 1. The van der Waals surface area contributed by atoms with Gasteiger partial charge in [-0.05, 0) is 37.9 Å². The van der Waals surface area contributed by atoms with Crippen LogP contribution in [0.3, 0.4) is 0 Å². The summed E-state index contributed by atoms with van der Waals surface area (Å²) in [4.78, 5) is 12.7. The molecular weight excluding hydrogens is 268 g/mol. The largest absolute Gasteiger partial charge is 0.368 e. The Kier molecular flexibility index (Phi) is 4.20. The number of likely N-dealkylation sites (N-methyl/N-ethyl adjacent to an activating group) is 1. The maximum Gasteiger partial charge on any atom is 0.238 e. The van der Waals surface area contributed by atoms with Gasteiger partial charge in [0.1, 0.15) is 5.54 Å². The number of rotatable bonds is 6. The highest BCUT2D eigenvalue weighted by molar-refractivity contribution is 7.99. The van der Waals surface area contributed by atoms with Crippen molar-refractivity contribution in [3.63, 3.8) is 0 Å². The first-order valence-electron chi connectivity index (χ1n) is 5.96. The molecule has 3 N–H and O–H groups in total. The number of nitrogens with one attached hydrogen (secondary N) is 1. The van der Waals surface area contributed by atoms with Gasteiger partial charge in [0.15, 0.2) is 0 Å². The lowest BCUT2D eigenvalue weighted by Gasteiger charge is -2.30. The highest BCUT2D eigenvalue weighted by atomic mass is 35.5. The zero-order valence-corrected chi connectivity index (χ0v) is 11.9. The van der Waals surface area contributed by atoms with Gasteiger partial charge < -0.3 is 11.1 Å². The Morgan fingerprint density at radius 3 is 2.72 bits per heavy atom. The van der Waals surface area contributed by atoms with E-state index in [0.717, 1.165) is 17.7 Å². The van der Waals surface area contributed by atoms with Gasteiger partial charge in [-0.3, -0.25) is 4.79 Å². The maximum atomic E-state index is 11.8. The number of carbonyl (C=O) groups is 1. The van der Waals surface area contributed by atoms with Crippen LogP contribution in [-0.2, 0) is 4.79 Å². The van der Waals surface area contributed by atoms with Crippen LogP contribution in [0.1, 0.15) is 12.8 Å². The first-order chi connectivity index (χ1) is 8.60. The molecule has 0 aromatic heterocycles. The van der Waals surface area contributed by atoms with E-state index in [1.54, 1.807) is 18.8 Å². The number of benzene rings is 1. The summed E-state index contributed by atoms with van der Waals surface area (Å²) in [7, 11) is 1.80. The van der Waals surface area contributed by atoms with E-state index in [9.17, 15) is 4.79 Å². The minimum Gasteiger partial charge on any atom is -0.368 e. The van der Waals surface area contributed by atoms with Gasteiger partial charge in [-0.2, -0.15) is 0 Å². The van der Waals surface area contributed by atoms with Crippen molar-refractivity contribution in [1.29, 1.82) is 0 Å². The van der Waals surface area contributed by atoms with Crippen LogP contribution in [0.5, 0.6) is 0 Å². The van der Waals surface area contributed by atoms with Crippen molar-refractivity contribution < 1.29 is 4.79 Å². The van der Waals surface area contributed by atoms with Crippen molar-refractivity contribution in [1.82, 2.24) is 5.32 Å². The summed E-state index contributed by atoms with van der Waals surface area (Å²) in [6.07, 6.45) is 2.12. The van der Waals surface area contributed by atoms with Crippen LogP contribution in [0.25, 0.3) is 0 Å². The lowest BCUT2D eigenvalue weighted by atomic mass is 9.95. The monoisotopic (exact) mass is 284 g/mol. The Morgan fingerprint density at radius 1 is 1.56 bits per heavy atom. The molecule has 1 aliphatic carbocycles. The lowest BCUT2D eigenvalue weighted by molar-refractivity contribution is -0.124. The SMILES string of the molecule is CNC(CSc1ccccc1Cl)(C(N)=O)C1CC1. The fourth-order valence-electron chi connectivity index (χ4n) is 2.12. The summed E-state index contributed by atoms with van der Waals surface area (Å²) >= 11 is 7.69. The minimum absolute atomic E-state index is 0.271. The molecule has 2 rings (SSSR count). The summed E-state index contributed by atoms with van der Waals surface area (Å²) < 4.78 is 0. The average Bonchev–Trinajstić information content (AvgIpc) is 3.17. The maximum absolute atomic E-state index is 11.8. The van der Waals surface area contributed by atoms with Gasteiger partial charge in [0.25, 0.3) is 0 Å². The van der Waals surface area contributed by atoms with Crippen LogP contribution in [0, 0.1) is 5.92 Å². The molecule has 5 heteroatoms. The second-order valence-electron chi connectivity index (χ2n) is 4.58. The van der Waals surface area contributed by atoms with Gasteiger partial charge in [-0.1, -0.05) is 23.7 Å². The minimum atomic E-state index is -0.607. The van der Waals surface area contributed by atoms with Crippen molar-refractivity contribution in [2.75, 3.05) is 12.8 Å². The van der Waals surface area contributed by atoms with E-state index in [2.05, 4.69) is 5.32 Å².